The molecule has 6 nitrogen and oxygen atoms in total. The molecule has 0 unspecified atom stereocenters. The molecule has 1 aromatic carbocycles. The first-order valence-corrected chi connectivity index (χ1v) is 9.19. The summed E-state index contributed by atoms with van der Waals surface area (Å²) in [5.41, 5.74) is 1.99. The van der Waals surface area contributed by atoms with E-state index in [0.29, 0.717) is 31.6 Å². The number of Topliss-reactive ketones (excluding diaryl/α,β-unsaturated/α-hetero) is 1. The lowest BCUT2D eigenvalue weighted by Gasteiger charge is -2.05. The summed E-state index contributed by atoms with van der Waals surface area (Å²) in [5.74, 6) is -1.13. The van der Waals surface area contributed by atoms with E-state index in [2.05, 4.69) is 5.32 Å². The van der Waals surface area contributed by atoms with Gasteiger partial charge in [-0.25, -0.2) is 4.79 Å². The van der Waals surface area contributed by atoms with Gasteiger partial charge in [0.25, 0.3) is 0 Å². The Morgan fingerprint density at radius 1 is 1.30 bits per heavy atom. The van der Waals surface area contributed by atoms with Gasteiger partial charge in [-0.15, -0.1) is 11.3 Å². The van der Waals surface area contributed by atoms with Crippen molar-refractivity contribution in [3.8, 4) is 0 Å². The van der Waals surface area contributed by atoms with Crippen LogP contribution in [0.2, 0.25) is 5.02 Å². The Kier molecular flexibility index (Phi) is 5.34. The summed E-state index contributed by atoms with van der Waals surface area (Å²) in [6, 6.07) is 5.17. The third kappa shape index (κ3) is 3.74. The second-order valence-corrected chi connectivity index (χ2v) is 7.39. The lowest BCUT2D eigenvalue weighted by molar-refractivity contribution is -0.115. The number of nitrogens with one attached hydrogen (secondary N) is 1. The van der Waals surface area contributed by atoms with Gasteiger partial charge in [0.2, 0.25) is 5.91 Å². The van der Waals surface area contributed by atoms with Crippen molar-refractivity contribution in [1.82, 2.24) is 0 Å². The van der Waals surface area contributed by atoms with Crippen molar-refractivity contribution in [2.75, 3.05) is 12.4 Å². The minimum Gasteiger partial charge on any atom is -0.465 e. The molecule has 2 aromatic heterocycles. The molecule has 8 heteroatoms. The number of amides is 1. The molecule has 0 aliphatic rings. The third-order valence-corrected chi connectivity index (χ3v) is 5.62. The van der Waals surface area contributed by atoms with Crippen molar-refractivity contribution in [3.63, 3.8) is 0 Å². The Balaban J connectivity index is 1.89. The number of furan rings is 1. The van der Waals surface area contributed by atoms with E-state index >= 15 is 0 Å². The van der Waals surface area contributed by atoms with E-state index in [1.54, 1.807) is 25.1 Å². The van der Waals surface area contributed by atoms with Gasteiger partial charge in [0.05, 0.1) is 30.2 Å². The number of ketones is 1. The average Bonchev–Trinajstić information content (AvgIpc) is 3.15. The van der Waals surface area contributed by atoms with E-state index in [1.165, 1.54) is 20.3 Å². The number of halogens is 1. The van der Waals surface area contributed by atoms with Crippen LogP contribution in [0.1, 0.15) is 38.1 Å². The zero-order valence-electron chi connectivity index (χ0n) is 14.8. The second kappa shape index (κ2) is 7.54. The molecule has 0 bridgehead atoms. The van der Waals surface area contributed by atoms with Crippen molar-refractivity contribution in [3.05, 3.63) is 51.1 Å². The molecule has 3 aromatic rings. The van der Waals surface area contributed by atoms with Gasteiger partial charge >= 0.3 is 5.97 Å². The van der Waals surface area contributed by atoms with E-state index in [-0.39, 0.29) is 23.7 Å². The maximum atomic E-state index is 12.5. The summed E-state index contributed by atoms with van der Waals surface area (Å²) in [6.45, 7) is 3.06. The minimum atomic E-state index is -0.605. The first-order valence-electron chi connectivity index (χ1n) is 8.00. The standard InChI is InChI=1S/C19H16ClNO5S/c1-9-16(19(24)25-3)18(27-17(9)10(2)22)21-15(23)6-11-8-26-14-5-4-12(20)7-13(11)14/h4-5,7-8H,6H2,1-3H3,(H,21,23). The largest absolute Gasteiger partial charge is 0.465 e. The highest BCUT2D eigenvalue weighted by molar-refractivity contribution is 7.18. The lowest BCUT2D eigenvalue weighted by Crippen LogP contribution is -2.16. The Bertz CT molecular complexity index is 1070. The maximum Gasteiger partial charge on any atom is 0.341 e. The summed E-state index contributed by atoms with van der Waals surface area (Å²) >= 11 is 7.07. The summed E-state index contributed by atoms with van der Waals surface area (Å²) in [6.07, 6.45) is 1.53. The van der Waals surface area contributed by atoms with Crippen LogP contribution in [-0.2, 0) is 16.0 Å². The predicted octanol–water partition coefficient (Wildman–Crippen LogP) is 4.63. The number of methoxy groups -OCH3 is 1. The molecule has 2 heterocycles. The topological polar surface area (TPSA) is 85.6 Å². The summed E-state index contributed by atoms with van der Waals surface area (Å²) < 4.78 is 10.2. The lowest BCUT2D eigenvalue weighted by atomic mass is 10.1. The molecular weight excluding hydrogens is 390 g/mol. The number of carbonyl (C=O) groups is 3. The summed E-state index contributed by atoms with van der Waals surface area (Å²) in [7, 11) is 1.25. The fourth-order valence-electron chi connectivity index (χ4n) is 2.82. The van der Waals surface area contributed by atoms with E-state index in [9.17, 15) is 14.4 Å². The van der Waals surface area contributed by atoms with Crippen LogP contribution >= 0.6 is 22.9 Å². The van der Waals surface area contributed by atoms with Crippen molar-refractivity contribution in [2.24, 2.45) is 0 Å². The minimum absolute atomic E-state index is 0.0281. The normalized spacial score (nSPS) is 10.8. The van der Waals surface area contributed by atoms with Gasteiger partial charge in [0.1, 0.15) is 10.6 Å². The molecule has 0 saturated carbocycles. The third-order valence-electron chi connectivity index (χ3n) is 4.08. The van der Waals surface area contributed by atoms with Gasteiger partial charge < -0.3 is 14.5 Å². The quantitative estimate of drug-likeness (QED) is 0.494. The average molecular weight is 406 g/mol. The monoisotopic (exact) mass is 405 g/mol. The van der Waals surface area contributed by atoms with Crippen molar-refractivity contribution in [1.29, 1.82) is 0 Å². The highest BCUT2D eigenvalue weighted by Gasteiger charge is 2.25. The number of hydrogen-bond donors (Lipinski definition) is 1. The number of carbonyl (C=O) groups excluding carboxylic acids is 3. The van der Waals surface area contributed by atoms with Crippen LogP contribution in [0.5, 0.6) is 0 Å². The van der Waals surface area contributed by atoms with Crippen LogP contribution < -0.4 is 5.32 Å². The second-order valence-electron chi connectivity index (χ2n) is 5.93. The van der Waals surface area contributed by atoms with Crippen LogP contribution in [-0.4, -0.2) is 24.8 Å². The van der Waals surface area contributed by atoms with Crippen LogP contribution in [0.15, 0.2) is 28.9 Å². The summed E-state index contributed by atoms with van der Waals surface area (Å²) in [5, 5.41) is 4.29. The first-order chi connectivity index (χ1) is 12.8. The van der Waals surface area contributed by atoms with Crippen molar-refractivity contribution >= 4 is 56.6 Å². The van der Waals surface area contributed by atoms with Gasteiger partial charge in [-0.1, -0.05) is 11.6 Å². The molecule has 27 heavy (non-hydrogen) atoms. The Labute approximate surface area is 164 Å². The summed E-state index contributed by atoms with van der Waals surface area (Å²) in [4.78, 5) is 36.8. The maximum absolute atomic E-state index is 12.5. The number of fused-ring (bicyclic) bond motifs is 1. The molecule has 0 aliphatic heterocycles. The molecule has 1 N–H and O–H groups in total. The Morgan fingerprint density at radius 2 is 2.04 bits per heavy atom. The van der Waals surface area contributed by atoms with Gasteiger partial charge in [-0.3, -0.25) is 9.59 Å². The number of anilines is 1. The van der Waals surface area contributed by atoms with Crippen LogP contribution in [0.25, 0.3) is 11.0 Å². The first kappa shape index (κ1) is 19.1. The SMILES string of the molecule is COC(=O)c1c(NC(=O)Cc2coc3ccc(Cl)cc23)sc(C(C)=O)c1C. The van der Waals surface area contributed by atoms with Crippen molar-refractivity contribution < 1.29 is 23.5 Å². The Hall–Kier alpha value is -2.64. The zero-order valence-corrected chi connectivity index (χ0v) is 16.4. The molecule has 0 fully saturated rings. The van der Waals surface area contributed by atoms with Gasteiger partial charge in [-0.05, 0) is 37.6 Å². The number of benzene rings is 1. The van der Waals surface area contributed by atoms with Gasteiger partial charge in [-0.2, -0.15) is 0 Å². The molecule has 140 valence electrons. The van der Waals surface area contributed by atoms with Crippen LogP contribution in [0.3, 0.4) is 0 Å². The van der Waals surface area contributed by atoms with E-state index in [1.807, 2.05) is 0 Å². The molecular formula is C19H16ClNO5S. The predicted molar refractivity (Wildman–Crippen MR) is 104 cm³/mol. The molecule has 0 saturated heterocycles. The Morgan fingerprint density at radius 3 is 2.70 bits per heavy atom. The van der Waals surface area contributed by atoms with Crippen LogP contribution in [0.4, 0.5) is 5.00 Å². The van der Waals surface area contributed by atoms with E-state index in [0.717, 1.165) is 16.7 Å². The van der Waals surface area contributed by atoms with Gasteiger partial charge in [0.15, 0.2) is 5.78 Å². The van der Waals surface area contributed by atoms with Crippen molar-refractivity contribution in [2.45, 2.75) is 20.3 Å². The fourth-order valence-corrected chi connectivity index (χ4v) is 4.10. The zero-order chi connectivity index (χ0) is 19.7. The molecule has 0 aliphatic carbocycles. The molecule has 0 spiro atoms. The number of rotatable bonds is 5. The molecule has 1 amide bonds. The fraction of sp³-hybridized carbons (Fsp3) is 0.211. The smallest absolute Gasteiger partial charge is 0.341 e. The highest BCUT2D eigenvalue weighted by atomic mass is 35.5. The number of hydrogen-bond acceptors (Lipinski definition) is 6. The molecule has 0 atom stereocenters. The number of ether oxygens (including phenoxy) is 1. The van der Waals surface area contributed by atoms with E-state index < -0.39 is 5.97 Å². The number of thiophene rings is 1. The van der Waals surface area contributed by atoms with Gasteiger partial charge in [0, 0.05) is 16.0 Å². The van der Waals surface area contributed by atoms with E-state index in [4.69, 9.17) is 20.8 Å². The van der Waals surface area contributed by atoms with Crippen LogP contribution in [0, 0.1) is 6.92 Å². The number of esters is 1. The highest BCUT2D eigenvalue weighted by Crippen LogP contribution is 2.34. The molecule has 3 rings (SSSR count). The molecule has 0 radical (unpaired) electrons.